The number of aromatic nitrogens is 3. The van der Waals surface area contributed by atoms with Crippen molar-refractivity contribution in [1.29, 1.82) is 0 Å². The average Bonchev–Trinajstić information content (AvgIpc) is 3.42. The van der Waals surface area contributed by atoms with E-state index < -0.39 is 11.7 Å². The molecular formula is C21H27N5O3. The molecule has 2 saturated heterocycles. The molecule has 2 fully saturated rings. The predicted molar refractivity (Wildman–Crippen MR) is 106 cm³/mol. The van der Waals surface area contributed by atoms with Crippen molar-refractivity contribution in [3.63, 3.8) is 0 Å². The van der Waals surface area contributed by atoms with E-state index in [4.69, 9.17) is 9.47 Å². The van der Waals surface area contributed by atoms with Gasteiger partial charge in [0, 0.05) is 44.3 Å². The Morgan fingerprint density at radius 3 is 2.90 bits per heavy atom. The monoisotopic (exact) mass is 397 g/mol. The first-order valence-corrected chi connectivity index (χ1v) is 10.4. The van der Waals surface area contributed by atoms with Gasteiger partial charge in [-0.1, -0.05) is 0 Å². The first-order valence-electron chi connectivity index (χ1n) is 10.4. The lowest BCUT2D eigenvalue weighted by atomic mass is 9.87. The van der Waals surface area contributed by atoms with Crippen molar-refractivity contribution in [3.05, 3.63) is 42.2 Å². The van der Waals surface area contributed by atoms with Crippen LogP contribution < -0.4 is 5.32 Å². The highest BCUT2D eigenvalue weighted by molar-refractivity contribution is 5.94. The number of likely N-dealkylation sites (tertiary alicyclic amines) is 1. The van der Waals surface area contributed by atoms with E-state index in [0.29, 0.717) is 12.6 Å². The van der Waals surface area contributed by atoms with E-state index in [1.54, 1.807) is 6.20 Å². The van der Waals surface area contributed by atoms with Crippen LogP contribution in [0.1, 0.15) is 30.8 Å². The Kier molecular flexibility index (Phi) is 4.85. The molecule has 154 valence electrons. The Bertz CT molecular complexity index is 884. The molecule has 1 N–H and O–H groups in total. The van der Waals surface area contributed by atoms with E-state index in [1.165, 1.54) is 0 Å². The van der Waals surface area contributed by atoms with Crippen molar-refractivity contribution in [2.24, 2.45) is 0 Å². The zero-order chi connectivity index (χ0) is 19.8. The fraction of sp³-hybridized carbons (Fsp3) is 0.571. The summed E-state index contributed by atoms with van der Waals surface area (Å²) < 4.78 is 14.2. The first-order chi connectivity index (χ1) is 14.1. The fourth-order valence-corrected chi connectivity index (χ4v) is 4.76. The normalized spacial score (nSPS) is 26.4. The number of hydrogen-bond acceptors (Lipinski definition) is 6. The highest BCUT2D eigenvalue weighted by Gasteiger charge is 2.48. The van der Waals surface area contributed by atoms with Gasteiger partial charge in [-0.3, -0.25) is 14.7 Å². The molecule has 2 aromatic rings. The van der Waals surface area contributed by atoms with E-state index in [0.717, 1.165) is 62.8 Å². The minimum absolute atomic E-state index is 0.133. The van der Waals surface area contributed by atoms with Gasteiger partial charge in [0.25, 0.3) is 5.91 Å². The summed E-state index contributed by atoms with van der Waals surface area (Å²) in [6.07, 6.45) is 7.68. The molecule has 3 aliphatic rings. The molecular weight excluding hydrogens is 370 g/mol. The number of pyridine rings is 1. The Morgan fingerprint density at radius 2 is 2.14 bits per heavy atom. The van der Waals surface area contributed by atoms with E-state index in [2.05, 4.69) is 24.8 Å². The number of piperidine rings is 1. The molecule has 0 aliphatic carbocycles. The summed E-state index contributed by atoms with van der Waals surface area (Å²) in [6.45, 7) is 5.88. The second-order valence-electron chi connectivity index (χ2n) is 8.18. The number of fused-ring (bicyclic) bond motifs is 2. The molecule has 2 unspecified atom stereocenters. The quantitative estimate of drug-likeness (QED) is 0.849. The van der Waals surface area contributed by atoms with E-state index in [9.17, 15) is 4.79 Å². The number of rotatable bonds is 3. The topological polar surface area (TPSA) is 81.5 Å². The Balaban J connectivity index is 1.34. The number of nitrogens with one attached hydrogen (secondary N) is 1. The Hall–Kier alpha value is -2.29. The van der Waals surface area contributed by atoms with Crippen LogP contribution in [0.2, 0.25) is 0 Å². The van der Waals surface area contributed by atoms with Crippen molar-refractivity contribution >= 4 is 11.6 Å². The Morgan fingerprint density at radius 1 is 1.28 bits per heavy atom. The van der Waals surface area contributed by atoms with Crippen molar-refractivity contribution in [2.75, 3.05) is 31.6 Å². The van der Waals surface area contributed by atoms with Gasteiger partial charge in [0.2, 0.25) is 0 Å². The van der Waals surface area contributed by atoms with Crippen molar-refractivity contribution < 1.29 is 14.3 Å². The van der Waals surface area contributed by atoms with Crippen molar-refractivity contribution in [2.45, 2.75) is 50.5 Å². The maximum absolute atomic E-state index is 13.0. The number of amides is 1. The predicted octanol–water partition coefficient (Wildman–Crippen LogP) is 1.70. The van der Waals surface area contributed by atoms with Crippen LogP contribution in [0.5, 0.6) is 0 Å². The van der Waals surface area contributed by atoms with Crippen LogP contribution in [0.25, 0.3) is 0 Å². The lowest BCUT2D eigenvalue weighted by molar-refractivity contribution is -0.171. The van der Waals surface area contributed by atoms with Crippen LogP contribution in [0, 0.1) is 6.92 Å². The van der Waals surface area contributed by atoms with Crippen molar-refractivity contribution in [3.8, 4) is 0 Å². The molecule has 1 amide bonds. The highest BCUT2D eigenvalue weighted by atomic mass is 16.5. The van der Waals surface area contributed by atoms with Crippen LogP contribution >= 0.6 is 0 Å². The molecule has 2 aromatic heterocycles. The van der Waals surface area contributed by atoms with Crippen LogP contribution in [0.3, 0.4) is 0 Å². The molecule has 2 atom stereocenters. The smallest absolute Gasteiger partial charge is 0.255 e. The van der Waals surface area contributed by atoms with E-state index >= 15 is 0 Å². The second-order valence-corrected chi connectivity index (χ2v) is 8.18. The summed E-state index contributed by atoms with van der Waals surface area (Å²) in [5.74, 6) is 0.813. The van der Waals surface area contributed by atoms with Crippen LogP contribution in [0.15, 0.2) is 30.7 Å². The molecule has 1 spiro atoms. The number of anilines is 1. The zero-order valence-corrected chi connectivity index (χ0v) is 16.7. The molecule has 0 saturated carbocycles. The molecule has 0 bridgehead atoms. The minimum atomic E-state index is -0.558. The maximum atomic E-state index is 13.0. The molecule has 0 radical (unpaired) electrons. The van der Waals surface area contributed by atoms with Crippen LogP contribution in [0.4, 0.5) is 5.69 Å². The molecule has 0 aromatic carbocycles. The molecule has 5 heterocycles. The second kappa shape index (κ2) is 7.51. The van der Waals surface area contributed by atoms with Gasteiger partial charge in [-0.05, 0) is 38.3 Å². The molecule has 8 nitrogen and oxygen atoms in total. The Labute approximate surface area is 170 Å². The summed E-state index contributed by atoms with van der Waals surface area (Å²) in [6, 6.07) is 4.19. The van der Waals surface area contributed by atoms with Gasteiger partial charge in [-0.25, -0.2) is 4.98 Å². The van der Waals surface area contributed by atoms with E-state index in [-0.39, 0.29) is 5.91 Å². The lowest BCUT2D eigenvalue weighted by Crippen LogP contribution is -2.54. The van der Waals surface area contributed by atoms with Crippen LogP contribution in [-0.2, 0) is 26.4 Å². The van der Waals surface area contributed by atoms with Gasteiger partial charge >= 0.3 is 0 Å². The van der Waals surface area contributed by atoms with Crippen molar-refractivity contribution in [1.82, 2.24) is 19.4 Å². The summed E-state index contributed by atoms with van der Waals surface area (Å²) in [7, 11) is 0. The largest absolute Gasteiger partial charge is 0.380 e. The zero-order valence-electron chi connectivity index (χ0n) is 16.7. The minimum Gasteiger partial charge on any atom is -0.380 e. The summed E-state index contributed by atoms with van der Waals surface area (Å²) >= 11 is 0. The number of aryl methyl sites for hydroxylation is 1. The molecule has 5 rings (SSSR count). The number of hydrogen-bond donors (Lipinski definition) is 1. The standard InChI is InChI=1S/C21H27N5O3/c1-15-17(3-2-7-22-15)24-19(27)18-13-26-11-8-23-20(26)21(29-18)5-9-25(10-6-21)16-4-12-28-14-16/h2-3,7-8,11,16,18H,4-6,9-10,12-14H2,1H3,(H,24,27). The van der Waals surface area contributed by atoms with Crippen LogP contribution in [-0.4, -0.2) is 63.8 Å². The number of carbonyl (C=O) groups excluding carboxylic acids is 1. The SMILES string of the molecule is Cc1ncccc1NC(=O)C1Cn2ccnc2C2(CCN(C3CCOC3)CC2)O1. The fourth-order valence-electron chi connectivity index (χ4n) is 4.76. The highest BCUT2D eigenvalue weighted by Crippen LogP contribution is 2.41. The third kappa shape index (κ3) is 3.45. The number of imidazole rings is 1. The van der Waals surface area contributed by atoms with Gasteiger partial charge in [0.15, 0.2) is 6.10 Å². The summed E-state index contributed by atoms with van der Waals surface area (Å²) in [4.78, 5) is 24.4. The van der Waals surface area contributed by atoms with Gasteiger partial charge in [-0.15, -0.1) is 0 Å². The maximum Gasteiger partial charge on any atom is 0.255 e. The number of nitrogens with zero attached hydrogens (tertiary/aromatic N) is 4. The number of carbonyl (C=O) groups is 1. The van der Waals surface area contributed by atoms with Gasteiger partial charge in [0.1, 0.15) is 11.4 Å². The van der Waals surface area contributed by atoms with E-state index in [1.807, 2.05) is 31.5 Å². The van der Waals surface area contributed by atoms with Gasteiger partial charge in [0.05, 0.1) is 24.5 Å². The van der Waals surface area contributed by atoms with Gasteiger partial charge < -0.3 is 19.4 Å². The number of ether oxygens (including phenoxy) is 2. The third-order valence-electron chi connectivity index (χ3n) is 6.44. The molecule has 29 heavy (non-hydrogen) atoms. The molecule has 8 heteroatoms. The lowest BCUT2D eigenvalue weighted by Gasteiger charge is -2.46. The summed E-state index contributed by atoms with van der Waals surface area (Å²) in [5, 5.41) is 2.99. The average molecular weight is 397 g/mol. The van der Waals surface area contributed by atoms with Gasteiger partial charge in [-0.2, -0.15) is 0 Å². The summed E-state index contributed by atoms with van der Waals surface area (Å²) in [5.41, 5.74) is 1.01. The first kappa shape index (κ1) is 18.7. The molecule has 3 aliphatic heterocycles. The third-order valence-corrected chi connectivity index (χ3v) is 6.44.